The zero-order valence-electron chi connectivity index (χ0n) is 9.47. The van der Waals surface area contributed by atoms with Crippen LogP contribution in [-0.2, 0) is 48.3 Å². The zero-order chi connectivity index (χ0) is 14.0. The molecule has 1 rings (SSSR count). The largest absolute Gasteiger partial charge is 0.305 e. The maximum Gasteiger partial charge on any atom is 0.305 e. The zero-order valence-corrected chi connectivity index (χ0v) is 11.9. The van der Waals surface area contributed by atoms with E-state index in [4.69, 9.17) is 8.37 Å². The van der Waals surface area contributed by atoms with Crippen molar-refractivity contribution in [1.29, 1.82) is 0 Å². The van der Waals surface area contributed by atoms with Gasteiger partial charge in [-0.1, -0.05) is 0 Å². The summed E-state index contributed by atoms with van der Waals surface area (Å²) in [5.74, 6) is 0. The fraction of sp³-hybridized carbons (Fsp3) is 1.00. The summed E-state index contributed by atoms with van der Waals surface area (Å²) in [4.78, 5) is 0. The fourth-order valence-electron chi connectivity index (χ4n) is 1.000. The normalized spacial score (nSPS) is 26.6. The van der Waals surface area contributed by atoms with Crippen LogP contribution < -0.4 is 0 Å². The van der Waals surface area contributed by atoms with Crippen molar-refractivity contribution in [2.24, 2.45) is 0 Å². The molecule has 1 fully saturated rings. The Labute approximate surface area is 107 Å². The van der Waals surface area contributed by atoms with Crippen LogP contribution in [0.4, 0.5) is 0 Å². The monoisotopic (exact) mass is 324 g/mol. The summed E-state index contributed by atoms with van der Waals surface area (Å²) >= 11 is -2.09. The molecule has 9 nitrogen and oxygen atoms in total. The highest BCUT2D eigenvalue weighted by Gasteiger charge is 2.37. The van der Waals surface area contributed by atoms with Crippen LogP contribution in [0.2, 0.25) is 0 Å². The van der Waals surface area contributed by atoms with Crippen LogP contribution in [0.3, 0.4) is 0 Å². The minimum atomic E-state index is -3.69. The highest BCUT2D eigenvalue weighted by Crippen LogP contribution is 2.19. The van der Waals surface area contributed by atoms with Gasteiger partial charge in [0.2, 0.25) is 0 Å². The first-order chi connectivity index (χ1) is 8.07. The molecule has 0 N–H and O–H groups in total. The fourth-order valence-corrected chi connectivity index (χ4v) is 2.57. The summed E-state index contributed by atoms with van der Waals surface area (Å²) in [6.45, 7) is -0.884. The number of rotatable bonds is 6. The standard InChI is InChI=1S/C6H12O9S3/c1-17(8,9)12-3-5-6(15-16(7)14-5)4-13-18(2,10)11/h5-6H,3-4H2,1-2H3/t5-,6-/m1/s1. The summed E-state index contributed by atoms with van der Waals surface area (Å²) in [5, 5.41) is 0. The molecule has 18 heavy (non-hydrogen) atoms. The molecule has 1 aliphatic rings. The Morgan fingerprint density at radius 1 is 0.944 bits per heavy atom. The Kier molecular flexibility index (Phi) is 5.22. The lowest BCUT2D eigenvalue weighted by atomic mass is 10.2. The average Bonchev–Trinajstić information content (AvgIpc) is 2.51. The van der Waals surface area contributed by atoms with Crippen molar-refractivity contribution in [2.75, 3.05) is 25.7 Å². The molecule has 1 saturated heterocycles. The number of hydrogen-bond donors (Lipinski definition) is 0. The molecular weight excluding hydrogens is 312 g/mol. The lowest BCUT2D eigenvalue weighted by Gasteiger charge is -2.13. The van der Waals surface area contributed by atoms with Crippen LogP contribution >= 0.6 is 0 Å². The van der Waals surface area contributed by atoms with E-state index in [0.717, 1.165) is 12.5 Å². The van der Waals surface area contributed by atoms with E-state index in [-0.39, 0.29) is 0 Å². The average molecular weight is 324 g/mol. The van der Waals surface area contributed by atoms with Gasteiger partial charge in [0.05, 0.1) is 25.7 Å². The molecule has 0 aromatic rings. The quantitative estimate of drug-likeness (QED) is 0.526. The van der Waals surface area contributed by atoms with Crippen LogP contribution in [-0.4, -0.2) is 59.0 Å². The van der Waals surface area contributed by atoms with E-state index in [1.165, 1.54) is 0 Å². The molecule has 1 aliphatic heterocycles. The molecule has 0 saturated carbocycles. The summed E-state index contributed by atoms with van der Waals surface area (Å²) < 4.78 is 72.4. The Hall–Kier alpha value is -0.110. The second kappa shape index (κ2) is 5.90. The van der Waals surface area contributed by atoms with Gasteiger partial charge in [-0.05, 0) is 0 Å². The van der Waals surface area contributed by atoms with Crippen molar-refractivity contribution in [2.45, 2.75) is 12.2 Å². The highest BCUT2D eigenvalue weighted by atomic mass is 32.2. The lowest BCUT2D eigenvalue weighted by molar-refractivity contribution is 0.0713. The summed E-state index contributed by atoms with van der Waals surface area (Å²) in [5.41, 5.74) is 0. The van der Waals surface area contributed by atoms with Gasteiger partial charge in [-0.2, -0.15) is 21.0 Å². The van der Waals surface area contributed by atoms with Crippen LogP contribution in [0.25, 0.3) is 0 Å². The van der Waals surface area contributed by atoms with Crippen molar-refractivity contribution >= 4 is 31.6 Å². The minimum absolute atomic E-state index is 0.442. The van der Waals surface area contributed by atoms with Gasteiger partial charge < -0.3 is 0 Å². The second-order valence-electron chi connectivity index (χ2n) is 3.45. The number of hydrogen-bond acceptors (Lipinski definition) is 9. The van der Waals surface area contributed by atoms with E-state index < -0.39 is 57.0 Å². The smallest absolute Gasteiger partial charge is 0.267 e. The van der Waals surface area contributed by atoms with E-state index in [1.807, 2.05) is 0 Å². The van der Waals surface area contributed by atoms with Crippen LogP contribution in [0.15, 0.2) is 0 Å². The van der Waals surface area contributed by atoms with Crippen molar-refractivity contribution in [1.82, 2.24) is 0 Å². The maximum atomic E-state index is 11.0. The Morgan fingerprint density at radius 2 is 1.28 bits per heavy atom. The molecule has 1 heterocycles. The first kappa shape index (κ1) is 15.9. The SMILES string of the molecule is CS(=O)(=O)OC[C@H]1OS(=O)O[C@@H]1COS(C)(=O)=O. The predicted octanol–water partition coefficient (Wildman–Crippen LogP) is -1.70. The lowest BCUT2D eigenvalue weighted by Crippen LogP contribution is -2.33. The maximum absolute atomic E-state index is 11.0. The van der Waals surface area contributed by atoms with Gasteiger partial charge in [0.15, 0.2) is 0 Å². The second-order valence-corrected chi connectivity index (χ2v) is 7.53. The Morgan fingerprint density at radius 3 is 1.56 bits per heavy atom. The van der Waals surface area contributed by atoms with E-state index in [2.05, 4.69) is 8.37 Å². The molecule has 108 valence electrons. The third kappa shape index (κ3) is 6.17. The first-order valence-corrected chi connectivity index (χ1v) is 9.15. The predicted molar refractivity (Wildman–Crippen MR) is 59.5 cm³/mol. The summed E-state index contributed by atoms with van der Waals surface area (Å²) in [6.07, 6.45) is -0.326. The molecule has 0 unspecified atom stereocenters. The molecule has 2 atom stereocenters. The molecule has 0 aromatic heterocycles. The highest BCUT2D eigenvalue weighted by molar-refractivity contribution is 7.86. The molecule has 0 spiro atoms. The van der Waals surface area contributed by atoms with Gasteiger partial charge in [-0.25, -0.2) is 0 Å². The Bertz CT molecular complexity index is 460. The van der Waals surface area contributed by atoms with Gasteiger partial charge in [0.1, 0.15) is 12.2 Å². The van der Waals surface area contributed by atoms with Crippen molar-refractivity contribution in [3.63, 3.8) is 0 Å². The van der Waals surface area contributed by atoms with Crippen LogP contribution in [0, 0.1) is 0 Å². The van der Waals surface area contributed by atoms with Gasteiger partial charge in [-0.15, -0.1) is 0 Å². The Balaban J connectivity index is 2.56. The van der Waals surface area contributed by atoms with Crippen molar-refractivity contribution in [3.05, 3.63) is 0 Å². The van der Waals surface area contributed by atoms with E-state index >= 15 is 0 Å². The van der Waals surface area contributed by atoms with E-state index in [0.29, 0.717) is 0 Å². The van der Waals surface area contributed by atoms with Crippen LogP contribution in [0.1, 0.15) is 0 Å². The van der Waals surface area contributed by atoms with E-state index in [9.17, 15) is 21.0 Å². The molecule has 0 aliphatic carbocycles. The molecule has 0 bridgehead atoms. The molecule has 0 aromatic carbocycles. The van der Waals surface area contributed by atoms with E-state index in [1.54, 1.807) is 0 Å². The first-order valence-electron chi connectivity index (χ1n) is 4.52. The summed E-state index contributed by atoms with van der Waals surface area (Å²) in [7, 11) is -7.38. The topological polar surface area (TPSA) is 122 Å². The van der Waals surface area contributed by atoms with Gasteiger partial charge in [0.25, 0.3) is 20.2 Å². The molecule has 0 amide bonds. The van der Waals surface area contributed by atoms with Gasteiger partial charge >= 0.3 is 11.4 Å². The van der Waals surface area contributed by atoms with Crippen molar-refractivity contribution in [3.8, 4) is 0 Å². The molecule has 12 heteroatoms. The molecule has 0 radical (unpaired) electrons. The minimum Gasteiger partial charge on any atom is -0.267 e. The van der Waals surface area contributed by atoms with Crippen molar-refractivity contribution < 1.29 is 37.8 Å². The third-order valence-corrected chi connectivity index (χ3v) is 3.65. The third-order valence-electron chi connectivity index (χ3n) is 1.71. The van der Waals surface area contributed by atoms with Gasteiger partial charge in [0, 0.05) is 0 Å². The van der Waals surface area contributed by atoms with Crippen LogP contribution in [0.5, 0.6) is 0 Å². The van der Waals surface area contributed by atoms with Gasteiger partial charge in [-0.3, -0.25) is 16.7 Å². The molecular formula is C6H12O9S3. The summed E-state index contributed by atoms with van der Waals surface area (Å²) in [6, 6.07) is 0.